The lowest BCUT2D eigenvalue weighted by Gasteiger charge is -2.31. The molecule has 1 N–H and O–H groups in total. The molecule has 0 aliphatic carbocycles. The Morgan fingerprint density at radius 3 is 2.46 bits per heavy atom. The maximum atomic E-state index is 15.7. The van der Waals surface area contributed by atoms with Crippen LogP contribution in [0, 0.1) is 5.82 Å². The number of amides is 2. The standard InChI is InChI=1S/C25H28FN5O4/c1-28-23-19(8-7-18(22(23)26)29-13-11-27-12-14-29)31(25(28)34)20-9-10-21(32)30(24(20)33)15-16-3-5-17(35-2)6-4-16/h3-8,20,27H,9-15H2,1-2H3. The van der Waals surface area contributed by atoms with Crippen molar-refractivity contribution in [3.63, 3.8) is 0 Å². The molecule has 2 saturated heterocycles. The molecule has 2 aliphatic heterocycles. The lowest BCUT2D eigenvalue weighted by Crippen LogP contribution is -2.47. The van der Waals surface area contributed by atoms with Gasteiger partial charge in [0.25, 0.3) is 5.91 Å². The van der Waals surface area contributed by atoms with E-state index in [-0.39, 0.29) is 30.8 Å². The molecule has 1 aromatic heterocycles. The summed E-state index contributed by atoms with van der Waals surface area (Å²) in [6.45, 7) is 2.94. The molecule has 2 aromatic carbocycles. The first-order valence-electron chi connectivity index (χ1n) is 11.7. The molecular formula is C25H28FN5O4. The van der Waals surface area contributed by atoms with Crippen LogP contribution in [0.2, 0.25) is 0 Å². The summed E-state index contributed by atoms with van der Waals surface area (Å²) in [6, 6.07) is 9.60. The number of imidazole rings is 1. The SMILES string of the molecule is COc1ccc(CN2C(=O)CCC(n3c(=O)n(C)c4c(F)c(N5CCNCC5)ccc43)C2=O)cc1. The Kier molecular flexibility index (Phi) is 6.06. The van der Waals surface area contributed by atoms with Gasteiger partial charge in [0.1, 0.15) is 17.3 Å². The summed E-state index contributed by atoms with van der Waals surface area (Å²) in [6.07, 6.45) is 0.313. The number of piperidine rings is 1. The molecular weight excluding hydrogens is 453 g/mol. The van der Waals surface area contributed by atoms with Gasteiger partial charge >= 0.3 is 5.69 Å². The molecule has 184 valence electrons. The lowest BCUT2D eigenvalue weighted by atomic mass is 10.0. The van der Waals surface area contributed by atoms with E-state index in [0.29, 0.717) is 30.0 Å². The smallest absolute Gasteiger partial charge is 0.329 e. The van der Waals surface area contributed by atoms with Gasteiger partial charge in [0, 0.05) is 39.6 Å². The number of aryl methyl sites for hydroxylation is 1. The van der Waals surface area contributed by atoms with Gasteiger partial charge < -0.3 is 15.0 Å². The van der Waals surface area contributed by atoms with E-state index in [1.165, 1.54) is 21.1 Å². The van der Waals surface area contributed by atoms with Gasteiger partial charge in [-0.1, -0.05) is 12.1 Å². The second kappa shape index (κ2) is 9.18. The van der Waals surface area contributed by atoms with Gasteiger partial charge in [-0.05, 0) is 36.2 Å². The average Bonchev–Trinajstić information content (AvgIpc) is 3.13. The number of halogens is 1. The predicted octanol–water partition coefficient (Wildman–Crippen LogP) is 1.79. The van der Waals surface area contributed by atoms with E-state index < -0.39 is 23.5 Å². The van der Waals surface area contributed by atoms with Crippen molar-refractivity contribution in [2.45, 2.75) is 25.4 Å². The van der Waals surface area contributed by atoms with Crippen molar-refractivity contribution >= 4 is 28.5 Å². The number of benzene rings is 2. The highest BCUT2D eigenvalue weighted by molar-refractivity contribution is 6.00. The van der Waals surface area contributed by atoms with Crippen molar-refractivity contribution in [3.8, 4) is 5.75 Å². The van der Waals surface area contributed by atoms with Crippen molar-refractivity contribution < 1.29 is 18.7 Å². The van der Waals surface area contributed by atoms with Crippen LogP contribution >= 0.6 is 0 Å². The zero-order chi connectivity index (χ0) is 24.7. The number of piperazine rings is 1. The summed E-state index contributed by atoms with van der Waals surface area (Å²) in [7, 11) is 3.08. The number of nitrogens with one attached hydrogen (secondary N) is 1. The predicted molar refractivity (Wildman–Crippen MR) is 129 cm³/mol. The number of fused-ring (bicyclic) bond motifs is 1. The van der Waals surface area contributed by atoms with Gasteiger partial charge in [0.05, 0.1) is 24.9 Å². The van der Waals surface area contributed by atoms with E-state index in [9.17, 15) is 14.4 Å². The lowest BCUT2D eigenvalue weighted by molar-refractivity contribution is -0.151. The molecule has 10 heteroatoms. The summed E-state index contributed by atoms with van der Waals surface area (Å²) in [5.74, 6) is -0.551. The first kappa shape index (κ1) is 23.1. The van der Waals surface area contributed by atoms with Gasteiger partial charge in [-0.25, -0.2) is 9.18 Å². The number of aromatic nitrogens is 2. The Labute approximate surface area is 201 Å². The van der Waals surface area contributed by atoms with Gasteiger partial charge in [-0.15, -0.1) is 0 Å². The van der Waals surface area contributed by atoms with Crippen molar-refractivity contribution in [1.29, 1.82) is 0 Å². The summed E-state index contributed by atoms with van der Waals surface area (Å²) < 4.78 is 23.4. The monoisotopic (exact) mass is 481 g/mol. The van der Waals surface area contributed by atoms with Gasteiger partial charge in [-0.2, -0.15) is 0 Å². The van der Waals surface area contributed by atoms with Gasteiger partial charge in [-0.3, -0.25) is 23.6 Å². The van der Waals surface area contributed by atoms with Crippen LogP contribution in [0.15, 0.2) is 41.2 Å². The molecule has 0 saturated carbocycles. The number of ether oxygens (including phenoxy) is 1. The number of carbonyl (C=O) groups is 2. The quantitative estimate of drug-likeness (QED) is 0.559. The molecule has 3 heterocycles. The van der Waals surface area contributed by atoms with Crippen molar-refractivity contribution in [2.75, 3.05) is 38.2 Å². The van der Waals surface area contributed by atoms with E-state index in [1.807, 2.05) is 4.90 Å². The van der Waals surface area contributed by atoms with Crippen molar-refractivity contribution in [3.05, 3.63) is 58.3 Å². The Bertz CT molecular complexity index is 1340. The first-order chi connectivity index (χ1) is 16.9. The number of rotatable bonds is 5. The molecule has 1 unspecified atom stereocenters. The molecule has 9 nitrogen and oxygen atoms in total. The normalized spacial score (nSPS) is 19.0. The summed E-state index contributed by atoms with van der Waals surface area (Å²) in [5.41, 5.74) is 1.25. The Morgan fingerprint density at radius 1 is 1.06 bits per heavy atom. The average molecular weight is 482 g/mol. The van der Waals surface area contributed by atoms with E-state index in [0.717, 1.165) is 18.7 Å². The topological polar surface area (TPSA) is 88.8 Å². The Hall–Kier alpha value is -3.66. The third kappa shape index (κ3) is 3.97. The van der Waals surface area contributed by atoms with Crippen LogP contribution in [-0.2, 0) is 23.2 Å². The number of nitrogens with zero attached hydrogens (tertiary/aromatic N) is 4. The van der Waals surface area contributed by atoms with Crippen LogP contribution < -0.4 is 20.6 Å². The zero-order valence-corrected chi connectivity index (χ0v) is 19.8. The van der Waals surface area contributed by atoms with Crippen LogP contribution in [0.4, 0.5) is 10.1 Å². The fourth-order valence-corrected chi connectivity index (χ4v) is 5.01. The van der Waals surface area contributed by atoms with E-state index in [2.05, 4.69) is 5.32 Å². The van der Waals surface area contributed by atoms with Crippen LogP contribution in [-0.4, -0.2) is 59.1 Å². The van der Waals surface area contributed by atoms with E-state index in [1.54, 1.807) is 43.5 Å². The molecule has 2 fully saturated rings. The maximum absolute atomic E-state index is 15.7. The molecule has 0 bridgehead atoms. The van der Waals surface area contributed by atoms with Crippen molar-refractivity contribution in [1.82, 2.24) is 19.4 Å². The second-order valence-corrected chi connectivity index (χ2v) is 8.94. The van der Waals surface area contributed by atoms with Crippen LogP contribution in [0.25, 0.3) is 11.0 Å². The molecule has 35 heavy (non-hydrogen) atoms. The van der Waals surface area contributed by atoms with Crippen LogP contribution in [0.3, 0.4) is 0 Å². The third-order valence-corrected chi connectivity index (χ3v) is 6.92. The molecule has 1 atom stereocenters. The molecule has 0 spiro atoms. The van der Waals surface area contributed by atoms with Crippen LogP contribution in [0.5, 0.6) is 5.75 Å². The van der Waals surface area contributed by atoms with E-state index in [4.69, 9.17) is 4.74 Å². The number of imide groups is 1. The Morgan fingerprint density at radius 2 is 1.77 bits per heavy atom. The molecule has 3 aromatic rings. The van der Waals surface area contributed by atoms with Crippen LogP contribution in [0.1, 0.15) is 24.4 Å². The minimum Gasteiger partial charge on any atom is -0.497 e. The van der Waals surface area contributed by atoms with E-state index >= 15 is 4.39 Å². The fourth-order valence-electron chi connectivity index (χ4n) is 5.01. The van der Waals surface area contributed by atoms with Crippen molar-refractivity contribution in [2.24, 2.45) is 7.05 Å². The number of hydrogen-bond acceptors (Lipinski definition) is 6. The first-order valence-corrected chi connectivity index (χ1v) is 11.7. The highest BCUT2D eigenvalue weighted by Gasteiger charge is 2.38. The number of carbonyl (C=O) groups excluding carboxylic acids is 2. The minimum absolute atomic E-state index is 0.0964. The number of likely N-dealkylation sites (tertiary alicyclic amines) is 1. The zero-order valence-electron chi connectivity index (χ0n) is 19.8. The highest BCUT2D eigenvalue weighted by atomic mass is 19.1. The maximum Gasteiger partial charge on any atom is 0.329 e. The largest absolute Gasteiger partial charge is 0.497 e. The molecule has 2 amide bonds. The minimum atomic E-state index is -0.883. The Balaban J connectivity index is 1.50. The third-order valence-electron chi connectivity index (χ3n) is 6.92. The van der Waals surface area contributed by atoms with Gasteiger partial charge in [0.2, 0.25) is 5.91 Å². The number of anilines is 1. The molecule has 0 radical (unpaired) electrons. The second-order valence-electron chi connectivity index (χ2n) is 8.94. The summed E-state index contributed by atoms with van der Waals surface area (Å²) in [4.78, 5) is 42.5. The molecule has 2 aliphatic rings. The van der Waals surface area contributed by atoms with Gasteiger partial charge in [0.15, 0.2) is 5.82 Å². The summed E-state index contributed by atoms with van der Waals surface area (Å²) >= 11 is 0. The number of methoxy groups -OCH3 is 1. The highest BCUT2D eigenvalue weighted by Crippen LogP contribution is 2.32. The molecule has 5 rings (SSSR count). The summed E-state index contributed by atoms with van der Waals surface area (Å²) in [5, 5.41) is 3.24. The fraction of sp³-hybridized carbons (Fsp3) is 0.400. The number of hydrogen-bond donors (Lipinski definition) is 1.